The van der Waals surface area contributed by atoms with E-state index in [0.717, 1.165) is 5.56 Å². The zero-order valence-electron chi connectivity index (χ0n) is 16.5. The molecule has 3 aromatic rings. The third-order valence-corrected chi connectivity index (χ3v) is 4.55. The molecule has 0 aliphatic heterocycles. The van der Waals surface area contributed by atoms with Gasteiger partial charge in [0.1, 0.15) is 5.75 Å². The topological polar surface area (TPSA) is 64.6 Å². The van der Waals surface area contributed by atoms with Crippen molar-refractivity contribution in [2.75, 3.05) is 11.9 Å². The molecule has 0 saturated carbocycles. The predicted octanol–water partition coefficient (Wildman–Crippen LogP) is 5.20. The van der Waals surface area contributed by atoms with E-state index in [-0.39, 0.29) is 6.42 Å². The molecule has 3 aromatic carbocycles. The quantitative estimate of drug-likeness (QED) is 0.505. The van der Waals surface area contributed by atoms with Crippen molar-refractivity contribution < 1.29 is 19.1 Å². The SMILES string of the molecule is CCOc1ccccc1NC(=O)C(OC(=O)Cc1ccc(Cl)cc1)c1ccccc1. The van der Waals surface area contributed by atoms with Crippen LogP contribution in [0.4, 0.5) is 5.69 Å². The summed E-state index contributed by atoms with van der Waals surface area (Å²) in [4.78, 5) is 25.6. The minimum atomic E-state index is -1.10. The molecule has 0 heterocycles. The molecule has 0 aliphatic carbocycles. The highest BCUT2D eigenvalue weighted by atomic mass is 35.5. The molecule has 1 unspecified atom stereocenters. The van der Waals surface area contributed by atoms with Crippen LogP contribution in [0.25, 0.3) is 0 Å². The van der Waals surface area contributed by atoms with Gasteiger partial charge in [0, 0.05) is 10.6 Å². The molecule has 154 valence electrons. The van der Waals surface area contributed by atoms with Crippen LogP contribution in [0.3, 0.4) is 0 Å². The van der Waals surface area contributed by atoms with Crippen molar-refractivity contribution in [2.45, 2.75) is 19.4 Å². The zero-order chi connectivity index (χ0) is 21.3. The Balaban J connectivity index is 1.78. The van der Waals surface area contributed by atoms with E-state index < -0.39 is 18.0 Å². The van der Waals surface area contributed by atoms with Crippen molar-refractivity contribution in [3.8, 4) is 5.75 Å². The zero-order valence-corrected chi connectivity index (χ0v) is 17.3. The van der Waals surface area contributed by atoms with Crippen LogP contribution >= 0.6 is 11.6 Å². The molecule has 0 spiro atoms. The van der Waals surface area contributed by atoms with Gasteiger partial charge in [0.15, 0.2) is 0 Å². The van der Waals surface area contributed by atoms with Crippen LogP contribution in [-0.2, 0) is 20.7 Å². The Labute approximate surface area is 180 Å². The minimum Gasteiger partial charge on any atom is -0.492 e. The van der Waals surface area contributed by atoms with Gasteiger partial charge in [-0.2, -0.15) is 0 Å². The summed E-state index contributed by atoms with van der Waals surface area (Å²) in [7, 11) is 0. The number of halogens is 1. The molecule has 0 saturated heterocycles. The monoisotopic (exact) mass is 423 g/mol. The van der Waals surface area contributed by atoms with Crippen molar-refractivity contribution in [2.24, 2.45) is 0 Å². The summed E-state index contributed by atoms with van der Waals surface area (Å²) in [5.74, 6) is -0.426. The van der Waals surface area contributed by atoms with Crippen molar-refractivity contribution in [3.05, 3.63) is 95.0 Å². The van der Waals surface area contributed by atoms with Gasteiger partial charge in [-0.05, 0) is 36.8 Å². The first-order valence-electron chi connectivity index (χ1n) is 9.58. The summed E-state index contributed by atoms with van der Waals surface area (Å²) in [6, 6.07) is 22.9. The van der Waals surface area contributed by atoms with Gasteiger partial charge in [-0.15, -0.1) is 0 Å². The lowest BCUT2D eigenvalue weighted by molar-refractivity contribution is -0.154. The van der Waals surface area contributed by atoms with E-state index in [4.69, 9.17) is 21.1 Å². The fourth-order valence-corrected chi connectivity index (χ4v) is 3.02. The van der Waals surface area contributed by atoms with Crippen LogP contribution in [0, 0.1) is 0 Å². The second-order valence-electron chi connectivity index (χ2n) is 6.50. The molecule has 0 fully saturated rings. The summed E-state index contributed by atoms with van der Waals surface area (Å²) in [6.45, 7) is 2.33. The van der Waals surface area contributed by atoms with Gasteiger partial charge in [0.05, 0.1) is 18.7 Å². The van der Waals surface area contributed by atoms with E-state index >= 15 is 0 Å². The summed E-state index contributed by atoms with van der Waals surface area (Å²) >= 11 is 5.89. The third-order valence-electron chi connectivity index (χ3n) is 4.30. The number of benzene rings is 3. The molecule has 5 nitrogen and oxygen atoms in total. The molecule has 1 atom stereocenters. The average Bonchev–Trinajstić information content (AvgIpc) is 2.76. The second kappa shape index (κ2) is 10.5. The Morgan fingerprint density at radius 1 is 0.933 bits per heavy atom. The molecule has 0 aromatic heterocycles. The van der Waals surface area contributed by atoms with Crippen LogP contribution in [0.2, 0.25) is 5.02 Å². The number of esters is 1. The van der Waals surface area contributed by atoms with Gasteiger partial charge in [-0.3, -0.25) is 9.59 Å². The lowest BCUT2D eigenvalue weighted by atomic mass is 10.1. The number of hydrogen-bond acceptors (Lipinski definition) is 4. The molecular weight excluding hydrogens is 402 g/mol. The first-order valence-corrected chi connectivity index (χ1v) is 9.96. The Morgan fingerprint density at radius 3 is 2.30 bits per heavy atom. The van der Waals surface area contributed by atoms with Gasteiger partial charge in [-0.25, -0.2) is 0 Å². The highest BCUT2D eigenvalue weighted by molar-refractivity contribution is 6.30. The van der Waals surface area contributed by atoms with Crippen molar-refractivity contribution in [1.29, 1.82) is 0 Å². The van der Waals surface area contributed by atoms with Gasteiger partial charge >= 0.3 is 5.97 Å². The maximum absolute atomic E-state index is 13.0. The fraction of sp³-hybridized carbons (Fsp3) is 0.167. The largest absolute Gasteiger partial charge is 0.492 e. The summed E-state index contributed by atoms with van der Waals surface area (Å²) in [6.07, 6.45) is -1.07. The highest BCUT2D eigenvalue weighted by Gasteiger charge is 2.26. The van der Waals surface area contributed by atoms with E-state index in [2.05, 4.69) is 5.32 Å². The molecular formula is C24H22ClNO4. The van der Waals surface area contributed by atoms with Crippen LogP contribution in [0.5, 0.6) is 5.75 Å². The van der Waals surface area contributed by atoms with E-state index in [9.17, 15) is 9.59 Å². The lowest BCUT2D eigenvalue weighted by Gasteiger charge is -2.19. The van der Waals surface area contributed by atoms with E-state index in [1.54, 1.807) is 66.7 Å². The van der Waals surface area contributed by atoms with Crippen molar-refractivity contribution in [1.82, 2.24) is 0 Å². The standard InChI is InChI=1S/C24H22ClNO4/c1-2-29-21-11-7-6-10-20(21)26-24(28)23(18-8-4-3-5-9-18)30-22(27)16-17-12-14-19(25)15-13-17/h3-15,23H,2,16H2,1H3,(H,26,28). The summed E-state index contributed by atoms with van der Waals surface area (Å²) in [5, 5.41) is 3.40. The van der Waals surface area contributed by atoms with E-state index in [1.807, 2.05) is 19.1 Å². The molecule has 1 N–H and O–H groups in total. The minimum absolute atomic E-state index is 0.0311. The van der Waals surface area contributed by atoms with Crippen molar-refractivity contribution in [3.63, 3.8) is 0 Å². The Morgan fingerprint density at radius 2 is 1.60 bits per heavy atom. The van der Waals surface area contributed by atoms with Crippen LogP contribution < -0.4 is 10.1 Å². The second-order valence-corrected chi connectivity index (χ2v) is 6.94. The molecule has 6 heteroatoms. The molecule has 0 bridgehead atoms. The fourth-order valence-electron chi connectivity index (χ4n) is 2.89. The van der Waals surface area contributed by atoms with Crippen molar-refractivity contribution >= 4 is 29.2 Å². The maximum atomic E-state index is 13.0. The number of carbonyl (C=O) groups is 2. The van der Waals surface area contributed by atoms with Gasteiger partial charge in [0.25, 0.3) is 5.91 Å². The number of anilines is 1. The number of para-hydroxylation sites is 2. The molecule has 0 aliphatic rings. The molecule has 3 rings (SSSR count). The average molecular weight is 424 g/mol. The predicted molar refractivity (Wildman–Crippen MR) is 117 cm³/mol. The summed E-state index contributed by atoms with van der Waals surface area (Å²) < 4.78 is 11.1. The normalized spacial score (nSPS) is 11.4. The number of ether oxygens (including phenoxy) is 2. The smallest absolute Gasteiger partial charge is 0.311 e. The number of rotatable bonds is 8. The van der Waals surface area contributed by atoms with Crippen LogP contribution in [0.1, 0.15) is 24.2 Å². The maximum Gasteiger partial charge on any atom is 0.311 e. The van der Waals surface area contributed by atoms with Gasteiger partial charge in [-0.1, -0.05) is 66.2 Å². The van der Waals surface area contributed by atoms with E-state index in [0.29, 0.717) is 28.6 Å². The van der Waals surface area contributed by atoms with Gasteiger partial charge < -0.3 is 14.8 Å². The van der Waals surface area contributed by atoms with Crippen LogP contribution in [0.15, 0.2) is 78.9 Å². The summed E-state index contributed by atoms with van der Waals surface area (Å²) in [5.41, 5.74) is 1.84. The molecule has 30 heavy (non-hydrogen) atoms. The lowest BCUT2D eigenvalue weighted by Crippen LogP contribution is -2.26. The molecule has 0 radical (unpaired) electrons. The Kier molecular flexibility index (Phi) is 7.46. The number of hydrogen-bond donors (Lipinski definition) is 1. The van der Waals surface area contributed by atoms with Gasteiger partial charge in [0.2, 0.25) is 6.10 Å². The first kappa shape index (κ1) is 21.4. The third kappa shape index (κ3) is 5.84. The van der Waals surface area contributed by atoms with Crippen LogP contribution in [-0.4, -0.2) is 18.5 Å². The highest BCUT2D eigenvalue weighted by Crippen LogP contribution is 2.27. The Hall–Kier alpha value is -3.31. The Bertz CT molecular complexity index is 990. The first-order chi connectivity index (χ1) is 14.6. The van der Waals surface area contributed by atoms with E-state index in [1.165, 1.54) is 0 Å². The number of nitrogens with one attached hydrogen (secondary N) is 1. The molecule has 1 amide bonds. The number of amides is 1. The number of carbonyl (C=O) groups excluding carboxylic acids is 2.